The summed E-state index contributed by atoms with van der Waals surface area (Å²) in [7, 11) is 0. The van der Waals surface area contributed by atoms with E-state index < -0.39 is 0 Å². The van der Waals surface area contributed by atoms with Crippen LogP contribution in [0, 0.1) is 6.92 Å². The smallest absolute Gasteiger partial charge is 0.111 e. The van der Waals surface area contributed by atoms with E-state index in [0.717, 1.165) is 28.2 Å². The summed E-state index contributed by atoms with van der Waals surface area (Å²) < 4.78 is 7.33. The van der Waals surface area contributed by atoms with E-state index in [1.54, 1.807) is 0 Å². The number of nitrogens with zero attached hydrogens (tertiary/aromatic N) is 4. The van der Waals surface area contributed by atoms with Crippen LogP contribution in [-0.2, 0) is 5.41 Å². The second kappa shape index (κ2) is 10.1. The molecule has 11 rings (SSSR count). The average molecular weight is 655 g/mol. The molecule has 0 bridgehead atoms. The van der Waals surface area contributed by atoms with Crippen molar-refractivity contribution < 1.29 is 0 Å². The first-order valence-electron chi connectivity index (χ1n) is 17.8. The molecular weight excluding hydrogens is 621 g/mol. The molecule has 0 atom stereocenters. The topological polar surface area (TPSA) is 27.7 Å². The molecule has 0 aliphatic heterocycles. The quantitative estimate of drug-likeness (QED) is 0.186. The van der Waals surface area contributed by atoms with Gasteiger partial charge in [0.2, 0.25) is 0 Å². The third-order valence-corrected chi connectivity index (χ3v) is 11.3. The number of benzene rings is 7. The fraction of sp³-hybridized carbons (Fsp3) is 0.0851. The molecule has 0 amide bonds. The lowest BCUT2D eigenvalue weighted by Crippen LogP contribution is -2.15. The molecule has 1 aliphatic carbocycles. The molecule has 3 aromatic heterocycles. The molecule has 7 aromatic carbocycles. The Morgan fingerprint density at radius 3 is 1.82 bits per heavy atom. The fourth-order valence-corrected chi connectivity index (χ4v) is 9.31. The van der Waals surface area contributed by atoms with E-state index in [0.29, 0.717) is 0 Å². The van der Waals surface area contributed by atoms with Crippen LogP contribution in [0.4, 0.5) is 0 Å². The summed E-state index contributed by atoms with van der Waals surface area (Å²) in [6.07, 6.45) is 0. The summed E-state index contributed by atoms with van der Waals surface area (Å²) in [4.78, 5) is 4.92. The molecule has 0 radical (unpaired) electrons. The molecule has 4 nitrogen and oxygen atoms in total. The molecule has 3 heterocycles. The van der Waals surface area contributed by atoms with Crippen molar-refractivity contribution in [2.45, 2.75) is 26.2 Å². The van der Waals surface area contributed by atoms with Gasteiger partial charge in [0, 0.05) is 49.6 Å². The van der Waals surface area contributed by atoms with Crippen molar-refractivity contribution in [1.82, 2.24) is 18.7 Å². The van der Waals surface area contributed by atoms with E-state index in [4.69, 9.17) is 4.98 Å². The van der Waals surface area contributed by atoms with Gasteiger partial charge in [-0.25, -0.2) is 4.98 Å². The monoisotopic (exact) mass is 654 g/mol. The molecule has 0 spiro atoms. The van der Waals surface area contributed by atoms with E-state index in [1.807, 2.05) is 0 Å². The van der Waals surface area contributed by atoms with E-state index in [-0.39, 0.29) is 5.41 Å². The zero-order valence-corrected chi connectivity index (χ0v) is 28.7. The minimum absolute atomic E-state index is 0.222. The van der Waals surface area contributed by atoms with Crippen LogP contribution in [-0.4, -0.2) is 18.7 Å². The second-order valence-corrected chi connectivity index (χ2v) is 14.4. The molecule has 242 valence electrons. The van der Waals surface area contributed by atoms with Gasteiger partial charge in [0.15, 0.2) is 0 Å². The van der Waals surface area contributed by atoms with Crippen molar-refractivity contribution in [2.24, 2.45) is 0 Å². The highest BCUT2D eigenvalue weighted by molar-refractivity contribution is 6.31. The number of aromatic nitrogens is 4. The predicted molar refractivity (Wildman–Crippen MR) is 212 cm³/mol. The lowest BCUT2D eigenvalue weighted by molar-refractivity contribution is 0.667. The zero-order valence-electron chi connectivity index (χ0n) is 28.7. The van der Waals surface area contributed by atoms with Crippen molar-refractivity contribution in [3.63, 3.8) is 0 Å². The molecule has 0 saturated carbocycles. The minimum Gasteiger partial charge on any atom is -0.309 e. The molecule has 0 fully saturated rings. The van der Waals surface area contributed by atoms with E-state index >= 15 is 0 Å². The van der Waals surface area contributed by atoms with Gasteiger partial charge in [-0.2, -0.15) is 0 Å². The van der Waals surface area contributed by atoms with Gasteiger partial charge in [0.05, 0.1) is 33.1 Å². The number of hydrogen-bond donors (Lipinski definition) is 0. The van der Waals surface area contributed by atoms with Gasteiger partial charge < -0.3 is 9.13 Å². The van der Waals surface area contributed by atoms with Crippen molar-refractivity contribution in [2.75, 3.05) is 0 Å². The average Bonchev–Trinajstić information content (AvgIpc) is 3.86. The molecule has 0 unspecified atom stereocenters. The second-order valence-electron chi connectivity index (χ2n) is 14.4. The first-order valence-corrected chi connectivity index (χ1v) is 17.8. The van der Waals surface area contributed by atoms with E-state index in [9.17, 15) is 0 Å². The van der Waals surface area contributed by atoms with Crippen molar-refractivity contribution >= 4 is 54.6 Å². The summed E-state index contributed by atoms with van der Waals surface area (Å²) in [6.45, 7) is 6.92. The first-order chi connectivity index (χ1) is 25.0. The minimum atomic E-state index is -0.222. The first kappa shape index (κ1) is 28.4. The molecule has 0 saturated heterocycles. The van der Waals surface area contributed by atoms with Gasteiger partial charge >= 0.3 is 0 Å². The third kappa shape index (κ3) is 3.66. The van der Waals surface area contributed by atoms with E-state index in [1.165, 1.54) is 71.6 Å². The number of aryl methyl sites for hydroxylation is 1. The summed E-state index contributed by atoms with van der Waals surface area (Å²) in [6, 6.07) is 55.3. The van der Waals surface area contributed by atoms with Gasteiger partial charge in [-0.05, 0) is 78.2 Å². The fourth-order valence-electron chi connectivity index (χ4n) is 9.31. The summed E-state index contributed by atoms with van der Waals surface area (Å²) in [5.74, 6) is 0.973. The molecule has 4 heteroatoms. The predicted octanol–water partition coefficient (Wildman–Crippen LogP) is 11.8. The van der Waals surface area contributed by atoms with Crippen LogP contribution in [0.15, 0.2) is 152 Å². The highest BCUT2D eigenvalue weighted by Gasteiger charge is 2.41. The highest BCUT2D eigenvalue weighted by atomic mass is 15.1. The van der Waals surface area contributed by atoms with Gasteiger partial charge in [-0.1, -0.05) is 111 Å². The summed E-state index contributed by atoms with van der Waals surface area (Å²) >= 11 is 0. The van der Waals surface area contributed by atoms with Crippen molar-refractivity contribution in [1.29, 1.82) is 0 Å². The lowest BCUT2D eigenvalue weighted by Gasteiger charge is -2.23. The zero-order chi connectivity index (χ0) is 34.0. The maximum absolute atomic E-state index is 4.92. The standard InChI is InChI=1S/C47H34N4/c1-29-48-37-24-11-14-27-40(37)49(29)31-18-15-19-32(28-31)51-39-26-13-9-22-35(39)43-45(51)41-33-20-7-10-23-36(33)47(2,3)44(41)42-34-21-8-12-25-38(34)50(46(42)43)30-16-5-4-6-17-30/h4-28H,1-3H3. The SMILES string of the molecule is Cc1nc2ccccc2n1-c1cccc(-n2c3ccccc3c3c2c2c(c4c5ccccc5n(-c5ccccc5)c43)C(C)(C)c3ccccc3-2)c1. The number of hydrogen-bond acceptors (Lipinski definition) is 1. The van der Waals surface area contributed by atoms with Crippen LogP contribution in [0.5, 0.6) is 0 Å². The Bertz CT molecular complexity index is 3060. The van der Waals surface area contributed by atoms with Gasteiger partial charge in [-0.3, -0.25) is 4.57 Å². The van der Waals surface area contributed by atoms with Crippen LogP contribution in [0.1, 0.15) is 30.8 Å². The number of imidazole rings is 1. The Kier molecular flexibility index (Phi) is 5.63. The Labute approximate surface area is 295 Å². The molecule has 10 aromatic rings. The van der Waals surface area contributed by atoms with Crippen molar-refractivity contribution in [3.05, 3.63) is 169 Å². The number of para-hydroxylation sites is 5. The third-order valence-electron chi connectivity index (χ3n) is 11.3. The number of fused-ring (bicyclic) bond motifs is 13. The van der Waals surface area contributed by atoms with Crippen LogP contribution in [0.25, 0.3) is 82.8 Å². The number of rotatable bonds is 3. The van der Waals surface area contributed by atoms with Crippen molar-refractivity contribution in [3.8, 4) is 28.2 Å². The molecule has 0 N–H and O–H groups in total. The van der Waals surface area contributed by atoms with Crippen LogP contribution < -0.4 is 0 Å². The molecular formula is C47H34N4. The van der Waals surface area contributed by atoms with Crippen LogP contribution >= 0.6 is 0 Å². The summed E-state index contributed by atoms with van der Waals surface area (Å²) in [5.41, 5.74) is 15.6. The largest absolute Gasteiger partial charge is 0.309 e. The van der Waals surface area contributed by atoms with Crippen LogP contribution in [0.2, 0.25) is 0 Å². The van der Waals surface area contributed by atoms with Crippen LogP contribution in [0.3, 0.4) is 0 Å². The highest BCUT2D eigenvalue weighted by Crippen LogP contribution is 2.58. The Balaban J connectivity index is 1.38. The van der Waals surface area contributed by atoms with Gasteiger partial charge in [0.25, 0.3) is 0 Å². The normalized spacial score (nSPS) is 13.5. The Morgan fingerprint density at radius 1 is 0.490 bits per heavy atom. The van der Waals surface area contributed by atoms with E-state index in [2.05, 4.69) is 186 Å². The summed E-state index contributed by atoms with van der Waals surface area (Å²) in [5, 5.41) is 5.16. The van der Waals surface area contributed by atoms with Gasteiger partial charge in [0.1, 0.15) is 5.82 Å². The van der Waals surface area contributed by atoms with Gasteiger partial charge in [-0.15, -0.1) is 0 Å². The maximum Gasteiger partial charge on any atom is 0.111 e. The molecule has 1 aliphatic rings. The Morgan fingerprint density at radius 2 is 1.06 bits per heavy atom. The maximum atomic E-state index is 4.92. The molecule has 51 heavy (non-hydrogen) atoms. The lowest BCUT2D eigenvalue weighted by atomic mass is 9.80. The Hall–Kier alpha value is -6.39.